The number of aliphatic hydroxyl groups excluding tert-OH is 3. The normalized spacial score (nSPS) is 48.9. The lowest BCUT2D eigenvalue weighted by Crippen LogP contribution is -2.60. The van der Waals surface area contributed by atoms with Crippen molar-refractivity contribution in [1.29, 1.82) is 0 Å². The molecule has 0 aliphatic heterocycles. The molecule has 0 bridgehead atoms. The van der Waals surface area contributed by atoms with Crippen LogP contribution in [0.1, 0.15) is 52.4 Å². The Morgan fingerprint density at radius 2 is 2.04 bits per heavy atom. The van der Waals surface area contributed by atoms with Gasteiger partial charge >= 0.3 is 0 Å². The smallest absolute Gasteiger partial charge is 0.178 e. The number of carbonyl (C=O) groups excluding carboxylic acids is 1. The van der Waals surface area contributed by atoms with Gasteiger partial charge in [0.15, 0.2) is 5.78 Å². The number of ketones is 1. The molecule has 3 saturated carbocycles. The minimum atomic E-state index is -0.701. The number of hydrogen-bond donors (Lipinski definition) is 3. The van der Waals surface area contributed by atoms with Crippen molar-refractivity contribution in [3.05, 3.63) is 23.8 Å². The monoisotopic (exact) mass is 360 g/mol. The molecule has 4 nitrogen and oxygen atoms in total. The van der Waals surface area contributed by atoms with E-state index in [1.807, 2.05) is 6.08 Å². The average molecular weight is 360 g/mol. The molecule has 0 amide bonds. The zero-order chi connectivity index (χ0) is 18.7. The molecule has 4 aliphatic carbocycles. The quantitative estimate of drug-likeness (QED) is 0.707. The molecule has 3 N–H and O–H groups in total. The van der Waals surface area contributed by atoms with Crippen LogP contribution in [0.3, 0.4) is 0 Å². The summed E-state index contributed by atoms with van der Waals surface area (Å²) in [6, 6.07) is 0. The van der Waals surface area contributed by atoms with Gasteiger partial charge in [-0.05, 0) is 67.4 Å². The Bertz CT molecular complexity index is 653. The molecule has 144 valence electrons. The molecule has 0 spiro atoms. The molecule has 8 unspecified atom stereocenters. The zero-order valence-corrected chi connectivity index (χ0v) is 15.9. The van der Waals surface area contributed by atoms with E-state index in [1.165, 1.54) is 5.57 Å². The van der Waals surface area contributed by atoms with Crippen LogP contribution in [-0.4, -0.2) is 39.9 Å². The first-order valence-electron chi connectivity index (χ1n) is 10.2. The summed E-state index contributed by atoms with van der Waals surface area (Å²) in [7, 11) is 0. The van der Waals surface area contributed by atoms with Crippen LogP contribution in [-0.2, 0) is 4.79 Å². The van der Waals surface area contributed by atoms with Crippen LogP contribution in [0.2, 0.25) is 0 Å². The first-order valence-corrected chi connectivity index (χ1v) is 10.2. The average Bonchev–Trinajstić information content (AvgIpc) is 2.60. The molecular weight excluding hydrogens is 328 g/mol. The van der Waals surface area contributed by atoms with Crippen molar-refractivity contribution in [2.75, 3.05) is 6.61 Å². The lowest BCUT2D eigenvalue weighted by atomic mass is 9.42. The van der Waals surface area contributed by atoms with Gasteiger partial charge in [0, 0.05) is 11.3 Å². The Labute approximate surface area is 156 Å². The minimum Gasteiger partial charge on any atom is -0.394 e. The van der Waals surface area contributed by atoms with Gasteiger partial charge in [-0.3, -0.25) is 4.79 Å². The zero-order valence-electron chi connectivity index (χ0n) is 15.9. The van der Waals surface area contributed by atoms with Gasteiger partial charge in [-0.25, -0.2) is 0 Å². The molecule has 0 radical (unpaired) electrons. The first-order chi connectivity index (χ1) is 12.3. The summed E-state index contributed by atoms with van der Waals surface area (Å²) in [6.07, 6.45) is 10.1. The summed E-state index contributed by atoms with van der Waals surface area (Å²) < 4.78 is 0. The van der Waals surface area contributed by atoms with Crippen LogP contribution in [0.4, 0.5) is 0 Å². The summed E-state index contributed by atoms with van der Waals surface area (Å²) in [5, 5.41) is 31.3. The van der Waals surface area contributed by atoms with E-state index in [1.54, 1.807) is 12.2 Å². The van der Waals surface area contributed by atoms with Crippen LogP contribution < -0.4 is 0 Å². The highest BCUT2D eigenvalue weighted by Gasteiger charge is 2.60. The first kappa shape index (κ1) is 18.4. The largest absolute Gasteiger partial charge is 0.394 e. The molecule has 26 heavy (non-hydrogen) atoms. The number of rotatable bonds is 2. The summed E-state index contributed by atoms with van der Waals surface area (Å²) in [5.41, 5.74) is 0.809. The molecule has 4 heteroatoms. The Morgan fingerprint density at radius 3 is 2.77 bits per heavy atom. The molecule has 8 atom stereocenters. The summed E-state index contributed by atoms with van der Waals surface area (Å²) in [4.78, 5) is 11.9. The standard InChI is InChI=1S/C22H32O4/c1-21-9-8-14(24)10-13(21)6-7-15-16-4-3-5-17(19(26)12-23)22(16,2)11-18(25)20(15)21/h8-10,15-20,23,25-26H,3-7,11-12H2,1-2H3. The highest BCUT2D eigenvalue weighted by molar-refractivity contribution is 6.01. The summed E-state index contributed by atoms with van der Waals surface area (Å²) in [6.45, 7) is 4.22. The van der Waals surface area contributed by atoms with Gasteiger partial charge in [-0.15, -0.1) is 0 Å². The van der Waals surface area contributed by atoms with E-state index in [4.69, 9.17) is 0 Å². The highest BCUT2D eigenvalue weighted by atomic mass is 16.3. The lowest BCUT2D eigenvalue weighted by Gasteiger charge is -2.63. The van der Waals surface area contributed by atoms with Crippen LogP contribution in [0.15, 0.2) is 23.8 Å². The SMILES string of the molecule is CC12C=CC(=O)C=C1CCC1C2C(O)CC2(C)C(C(O)CO)CCCC12. The number of aliphatic hydroxyl groups is 3. The molecular formula is C22H32O4. The van der Waals surface area contributed by atoms with Gasteiger partial charge in [-0.2, -0.15) is 0 Å². The van der Waals surface area contributed by atoms with Crippen LogP contribution in [0.25, 0.3) is 0 Å². The second kappa shape index (κ2) is 6.29. The van der Waals surface area contributed by atoms with Crippen molar-refractivity contribution >= 4 is 5.78 Å². The van der Waals surface area contributed by atoms with Gasteiger partial charge in [0.1, 0.15) is 0 Å². The van der Waals surface area contributed by atoms with Crippen LogP contribution in [0.5, 0.6) is 0 Å². The maximum absolute atomic E-state index is 11.9. The summed E-state index contributed by atoms with van der Waals surface area (Å²) >= 11 is 0. The fraction of sp³-hybridized carbons (Fsp3) is 0.773. The van der Waals surface area contributed by atoms with Gasteiger partial charge in [0.05, 0.1) is 18.8 Å². The third-order valence-electron chi connectivity index (χ3n) is 8.46. The maximum Gasteiger partial charge on any atom is 0.178 e. The third-order valence-corrected chi connectivity index (χ3v) is 8.46. The summed E-state index contributed by atoms with van der Waals surface area (Å²) in [5.74, 6) is 1.11. The second-order valence-corrected chi connectivity index (χ2v) is 9.59. The fourth-order valence-corrected chi connectivity index (χ4v) is 7.32. The van der Waals surface area contributed by atoms with Crippen molar-refractivity contribution < 1.29 is 20.1 Å². The number of allylic oxidation sites excluding steroid dienone is 4. The Balaban J connectivity index is 1.71. The predicted octanol–water partition coefficient (Wildman–Crippen LogP) is 2.62. The fourth-order valence-electron chi connectivity index (χ4n) is 7.32. The topological polar surface area (TPSA) is 77.8 Å². The lowest BCUT2D eigenvalue weighted by molar-refractivity contribution is -0.171. The molecule has 4 aliphatic rings. The van der Waals surface area contributed by atoms with E-state index in [9.17, 15) is 20.1 Å². The molecule has 0 aromatic carbocycles. The molecule has 0 aromatic rings. The van der Waals surface area contributed by atoms with E-state index >= 15 is 0 Å². The van der Waals surface area contributed by atoms with E-state index < -0.39 is 12.2 Å². The van der Waals surface area contributed by atoms with Crippen molar-refractivity contribution in [2.45, 2.75) is 64.6 Å². The Hall–Kier alpha value is -0.970. The molecule has 4 rings (SSSR count). The van der Waals surface area contributed by atoms with Gasteiger partial charge in [0.25, 0.3) is 0 Å². The van der Waals surface area contributed by atoms with Gasteiger partial charge in [0.2, 0.25) is 0 Å². The van der Waals surface area contributed by atoms with E-state index in [0.29, 0.717) is 18.3 Å². The number of carbonyl (C=O) groups is 1. The van der Waals surface area contributed by atoms with Crippen LogP contribution in [0, 0.1) is 34.5 Å². The number of fused-ring (bicyclic) bond motifs is 5. The second-order valence-electron chi connectivity index (χ2n) is 9.59. The number of hydrogen-bond acceptors (Lipinski definition) is 4. The van der Waals surface area contributed by atoms with Crippen molar-refractivity contribution in [3.8, 4) is 0 Å². The minimum absolute atomic E-state index is 0.0510. The predicted molar refractivity (Wildman–Crippen MR) is 99.2 cm³/mol. The molecule has 0 heterocycles. The van der Waals surface area contributed by atoms with E-state index in [0.717, 1.165) is 32.1 Å². The molecule has 0 aromatic heterocycles. The van der Waals surface area contributed by atoms with Crippen molar-refractivity contribution in [1.82, 2.24) is 0 Å². The van der Waals surface area contributed by atoms with Crippen LogP contribution >= 0.6 is 0 Å². The van der Waals surface area contributed by atoms with Gasteiger partial charge in [-0.1, -0.05) is 31.9 Å². The van der Waals surface area contributed by atoms with E-state index in [2.05, 4.69) is 13.8 Å². The van der Waals surface area contributed by atoms with Crippen molar-refractivity contribution in [2.24, 2.45) is 34.5 Å². The Morgan fingerprint density at radius 1 is 1.27 bits per heavy atom. The van der Waals surface area contributed by atoms with E-state index in [-0.39, 0.29) is 35.1 Å². The molecule has 3 fully saturated rings. The van der Waals surface area contributed by atoms with Crippen molar-refractivity contribution in [3.63, 3.8) is 0 Å². The van der Waals surface area contributed by atoms with Gasteiger partial charge < -0.3 is 15.3 Å². The third kappa shape index (κ3) is 2.49. The highest BCUT2D eigenvalue weighted by Crippen LogP contribution is 2.65. The molecule has 0 saturated heterocycles. The maximum atomic E-state index is 11.9. The Kier molecular flexibility index (Phi) is 4.45.